The van der Waals surface area contributed by atoms with Crippen LogP contribution in [0.4, 0.5) is 0 Å². The third kappa shape index (κ3) is 3.33. The molecule has 2 nitrogen and oxygen atoms in total. The van der Waals surface area contributed by atoms with Crippen molar-refractivity contribution in [2.24, 2.45) is 5.41 Å². The van der Waals surface area contributed by atoms with E-state index >= 15 is 0 Å². The molecule has 0 bridgehead atoms. The maximum Gasteiger partial charge on any atom is 0.0554 e. The molecule has 3 heteroatoms. The van der Waals surface area contributed by atoms with E-state index in [9.17, 15) is 0 Å². The van der Waals surface area contributed by atoms with Crippen molar-refractivity contribution in [3.05, 3.63) is 0 Å². The van der Waals surface area contributed by atoms with Crippen molar-refractivity contribution >= 4 is 11.8 Å². The minimum Gasteiger partial charge on any atom is -0.380 e. The molecule has 0 aromatic heterocycles. The molecule has 0 radical (unpaired) electrons. The molecule has 0 aromatic carbocycles. The first-order chi connectivity index (χ1) is 5.77. The maximum absolute atomic E-state index is 5.17. The predicted octanol–water partition coefficient (Wildman–Crippen LogP) is 1.37. The molecule has 1 rings (SSSR count). The van der Waals surface area contributed by atoms with Gasteiger partial charge in [-0.1, -0.05) is 6.92 Å². The molecule has 12 heavy (non-hydrogen) atoms. The fourth-order valence-electron chi connectivity index (χ4n) is 1.28. The van der Waals surface area contributed by atoms with Crippen molar-refractivity contribution in [2.45, 2.75) is 13.3 Å². The molecular formula is C9H19NOS. The van der Waals surface area contributed by atoms with Crippen LogP contribution in [0.3, 0.4) is 0 Å². The molecule has 1 saturated heterocycles. The number of hydrogen-bond acceptors (Lipinski definition) is 3. The van der Waals surface area contributed by atoms with Crippen molar-refractivity contribution in [3.63, 3.8) is 0 Å². The van der Waals surface area contributed by atoms with Gasteiger partial charge in [0, 0.05) is 12.0 Å². The van der Waals surface area contributed by atoms with Crippen LogP contribution in [-0.2, 0) is 4.74 Å². The second-order valence-electron chi connectivity index (χ2n) is 3.83. The van der Waals surface area contributed by atoms with E-state index in [1.54, 1.807) is 0 Å². The van der Waals surface area contributed by atoms with E-state index in [4.69, 9.17) is 4.74 Å². The van der Waals surface area contributed by atoms with Crippen LogP contribution in [0.15, 0.2) is 0 Å². The molecule has 0 saturated carbocycles. The third-order valence-electron chi connectivity index (χ3n) is 2.15. The van der Waals surface area contributed by atoms with E-state index in [0.29, 0.717) is 5.41 Å². The van der Waals surface area contributed by atoms with Crippen molar-refractivity contribution in [1.82, 2.24) is 5.32 Å². The molecular weight excluding hydrogens is 170 g/mol. The standard InChI is InChI=1S/C9H19NOS/c1-9(7-11-8-9)6-10-4-3-5-12-2/h10H,3-8H2,1-2H3. The lowest BCUT2D eigenvalue weighted by Gasteiger charge is -2.38. The Morgan fingerprint density at radius 1 is 1.50 bits per heavy atom. The van der Waals surface area contributed by atoms with E-state index in [0.717, 1.165) is 26.3 Å². The van der Waals surface area contributed by atoms with Crippen LogP contribution in [0, 0.1) is 5.41 Å². The summed E-state index contributed by atoms with van der Waals surface area (Å²) in [5.41, 5.74) is 0.430. The first-order valence-electron chi connectivity index (χ1n) is 4.54. The van der Waals surface area contributed by atoms with Gasteiger partial charge in [0.05, 0.1) is 13.2 Å². The summed E-state index contributed by atoms with van der Waals surface area (Å²) >= 11 is 1.91. The molecule has 0 aromatic rings. The van der Waals surface area contributed by atoms with Crippen LogP contribution in [0.5, 0.6) is 0 Å². The fourth-order valence-corrected chi connectivity index (χ4v) is 1.72. The molecule has 72 valence electrons. The quantitative estimate of drug-likeness (QED) is 0.638. The van der Waals surface area contributed by atoms with Crippen LogP contribution in [0.1, 0.15) is 13.3 Å². The van der Waals surface area contributed by atoms with Crippen LogP contribution in [0.25, 0.3) is 0 Å². The lowest BCUT2D eigenvalue weighted by atomic mass is 9.89. The first kappa shape index (κ1) is 10.4. The van der Waals surface area contributed by atoms with Gasteiger partial charge in [-0.25, -0.2) is 0 Å². The maximum atomic E-state index is 5.17. The molecule has 1 N–H and O–H groups in total. The van der Waals surface area contributed by atoms with E-state index in [1.165, 1.54) is 12.2 Å². The number of thioether (sulfide) groups is 1. The summed E-state index contributed by atoms with van der Waals surface area (Å²) in [5.74, 6) is 1.26. The monoisotopic (exact) mass is 189 g/mol. The number of nitrogens with one attached hydrogen (secondary N) is 1. The van der Waals surface area contributed by atoms with Crippen molar-refractivity contribution in [3.8, 4) is 0 Å². The van der Waals surface area contributed by atoms with E-state index in [2.05, 4.69) is 18.5 Å². The van der Waals surface area contributed by atoms with Crippen molar-refractivity contribution in [1.29, 1.82) is 0 Å². The summed E-state index contributed by atoms with van der Waals surface area (Å²) in [4.78, 5) is 0. The summed E-state index contributed by atoms with van der Waals surface area (Å²) in [5, 5.41) is 3.47. The molecule has 0 aliphatic carbocycles. The van der Waals surface area contributed by atoms with Gasteiger partial charge in [-0.2, -0.15) is 11.8 Å². The van der Waals surface area contributed by atoms with Crippen LogP contribution < -0.4 is 5.32 Å². The SMILES string of the molecule is CSCCCNCC1(C)COC1. The highest BCUT2D eigenvalue weighted by Crippen LogP contribution is 2.24. The summed E-state index contributed by atoms with van der Waals surface area (Å²) in [7, 11) is 0. The van der Waals surface area contributed by atoms with Crippen molar-refractivity contribution in [2.75, 3.05) is 38.3 Å². The van der Waals surface area contributed by atoms with Gasteiger partial charge >= 0.3 is 0 Å². The number of ether oxygens (including phenoxy) is 1. The summed E-state index contributed by atoms with van der Waals surface area (Å²) < 4.78 is 5.17. The molecule has 1 aliphatic heterocycles. The van der Waals surface area contributed by atoms with E-state index < -0.39 is 0 Å². The summed E-state index contributed by atoms with van der Waals surface area (Å²) in [6.07, 6.45) is 3.43. The van der Waals surface area contributed by atoms with Crippen LogP contribution in [-0.4, -0.2) is 38.3 Å². The van der Waals surface area contributed by atoms with Gasteiger partial charge in [0.15, 0.2) is 0 Å². The zero-order valence-electron chi connectivity index (χ0n) is 8.06. The van der Waals surface area contributed by atoms with E-state index in [1.807, 2.05) is 11.8 Å². The highest BCUT2D eigenvalue weighted by atomic mass is 32.2. The smallest absolute Gasteiger partial charge is 0.0554 e. The predicted molar refractivity (Wildman–Crippen MR) is 54.8 cm³/mol. The number of rotatable bonds is 6. The zero-order valence-corrected chi connectivity index (χ0v) is 8.88. The Labute approximate surface area is 79.4 Å². The largest absolute Gasteiger partial charge is 0.380 e. The highest BCUT2D eigenvalue weighted by molar-refractivity contribution is 7.98. The van der Waals surface area contributed by atoms with Gasteiger partial charge < -0.3 is 10.1 Å². The van der Waals surface area contributed by atoms with Crippen molar-refractivity contribution < 1.29 is 4.74 Å². The Hall–Kier alpha value is 0.270. The van der Waals surface area contributed by atoms with Gasteiger partial charge in [-0.05, 0) is 25.0 Å². The second kappa shape index (κ2) is 5.10. The Morgan fingerprint density at radius 3 is 2.75 bits per heavy atom. The lowest BCUT2D eigenvalue weighted by molar-refractivity contribution is -0.0988. The summed E-state index contributed by atoms with van der Waals surface area (Å²) in [6, 6.07) is 0. The van der Waals surface area contributed by atoms with Gasteiger partial charge in [0.1, 0.15) is 0 Å². The van der Waals surface area contributed by atoms with Gasteiger partial charge in [0.2, 0.25) is 0 Å². The minimum absolute atomic E-state index is 0.430. The van der Waals surface area contributed by atoms with E-state index in [-0.39, 0.29) is 0 Å². The van der Waals surface area contributed by atoms with Crippen LogP contribution >= 0.6 is 11.8 Å². The Morgan fingerprint density at radius 2 is 2.25 bits per heavy atom. The molecule has 1 aliphatic rings. The third-order valence-corrected chi connectivity index (χ3v) is 2.85. The average Bonchev–Trinajstić information content (AvgIpc) is 2.01. The van der Waals surface area contributed by atoms with Gasteiger partial charge in [0.25, 0.3) is 0 Å². The topological polar surface area (TPSA) is 21.3 Å². The molecule has 1 fully saturated rings. The Balaban J connectivity index is 1.88. The lowest BCUT2D eigenvalue weighted by Crippen LogP contribution is -2.47. The summed E-state index contributed by atoms with van der Waals surface area (Å²) in [6.45, 7) is 6.40. The Kier molecular flexibility index (Phi) is 4.40. The number of hydrogen-bond donors (Lipinski definition) is 1. The molecule has 1 heterocycles. The molecule has 0 unspecified atom stereocenters. The van der Waals surface area contributed by atoms with Gasteiger partial charge in [-0.3, -0.25) is 0 Å². The fraction of sp³-hybridized carbons (Fsp3) is 1.00. The Bertz CT molecular complexity index is 126. The first-order valence-corrected chi connectivity index (χ1v) is 5.94. The second-order valence-corrected chi connectivity index (χ2v) is 4.81. The minimum atomic E-state index is 0.430. The normalized spacial score (nSPS) is 20.5. The zero-order chi connectivity index (χ0) is 8.86. The van der Waals surface area contributed by atoms with Crippen LogP contribution in [0.2, 0.25) is 0 Å². The average molecular weight is 189 g/mol. The molecule has 0 amide bonds. The molecule has 0 spiro atoms. The van der Waals surface area contributed by atoms with Gasteiger partial charge in [-0.15, -0.1) is 0 Å². The molecule has 0 atom stereocenters. The highest BCUT2D eigenvalue weighted by Gasteiger charge is 2.32.